The molecule has 1 aliphatic heterocycles. The van der Waals surface area contributed by atoms with Gasteiger partial charge in [-0.2, -0.15) is 0 Å². The zero-order valence-electron chi connectivity index (χ0n) is 19.4. The Bertz CT molecular complexity index is 1300. The topological polar surface area (TPSA) is 81.5 Å². The molecule has 0 radical (unpaired) electrons. The van der Waals surface area contributed by atoms with Crippen LogP contribution in [-0.2, 0) is 33.4 Å². The maximum absolute atomic E-state index is 14.2. The number of hydrogen-bond donors (Lipinski definition) is 0. The van der Waals surface area contributed by atoms with E-state index in [9.17, 15) is 22.0 Å². The van der Waals surface area contributed by atoms with Crippen molar-refractivity contribution >= 4 is 15.7 Å². The lowest BCUT2D eigenvalue weighted by atomic mass is 10.2. The molecular weight excluding hydrogens is 476 g/mol. The van der Waals surface area contributed by atoms with Crippen LogP contribution in [0, 0.1) is 11.6 Å². The Morgan fingerprint density at radius 2 is 1.86 bits per heavy atom. The average Bonchev–Trinajstić information content (AvgIpc) is 3.49. The van der Waals surface area contributed by atoms with E-state index in [1.807, 2.05) is 0 Å². The molecule has 0 N–H and O–H groups in total. The van der Waals surface area contributed by atoms with Gasteiger partial charge in [-0.3, -0.25) is 4.79 Å². The molecule has 10 heteroatoms. The monoisotopic (exact) mass is 503 g/mol. The number of halogens is 2. The van der Waals surface area contributed by atoms with E-state index in [1.54, 1.807) is 19.1 Å². The molecule has 3 aromatic rings. The molecule has 1 saturated heterocycles. The highest BCUT2D eigenvalue weighted by Crippen LogP contribution is 2.24. The summed E-state index contributed by atoms with van der Waals surface area (Å²) in [6.07, 6.45) is 2.82. The number of carbonyl (C=O) groups excluding carboxylic acids is 1. The highest BCUT2D eigenvalue weighted by atomic mass is 32.2. The number of benzene rings is 2. The van der Waals surface area contributed by atoms with Gasteiger partial charge in [-0.15, -0.1) is 0 Å². The van der Waals surface area contributed by atoms with E-state index in [2.05, 4.69) is 4.98 Å². The standard InChI is InChI=1S/C25H27F2N3O4S/c1-2-29(24(31)21-10-4-6-12-23(21)27)15-19-14-28-25(30(19)16-20-9-7-13-34-20)35(32,33)17-18-8-3-5-11-22(18)26/h3-6,8,10-12,14,20H,2,7,9,13,15-17H2,1H3/t20-/m1/s1. The number of carbonyl (C=O) groups is 1. The van der Waals surface area contributed by atoms with Crippen molar-refractivity contribution in [3.8, 4) is 0 Å². The predicted molar refractivity (Wildman–Crippen MR) is 125 cm³/mol. The lowest BCUT2D eigenvalue weighted by molar-refractivity contribution is 0.0736. The number of sulfone groups is 1. The summed E-state index contributed by atoms with van der Waals surface area (Å²) in [5.41, 5.74) is 0.455. The minimum atomic E-state index is -4.02. The summed E-state index contributed by atoms with van der Waals surface area (Å²) in [4.78, 5) is 18.6. The van der Waals surface area contributed by atoms with Crippen molar-refractivity contribution < 1.29 is 26.7 Å². The molecule has 7 nitrogen and oxygen atoms in total. The summed E-state index contributed by atoms with van der Waals surface area (Å²) in [6.45, 7) is 2.87. The smallest absolute Gasteiger partial charge is 0.257 e. The molecule has 0 aliphatic carbocycles. The van der Waals surface area contributed by atoms with Crippen LogP contribution in [0.2, 0.25) is 0 Å². The molecule has 186 valence electrons. The Kier molecular flexibility index (Phi) is 7.61. The van der Waals surface area contributed by atoms with Crippen molar-refractivity contribution in [2.45, 2.75) is 49.9 Å². The van der Waals surface area contributed by atoms with Crippen molar-refractivity contribution in [2.75, 3.05) is 13.2 Å². The van der Waals surface area contributed by atoms with E-state index in [0.29, 0.717) is 12.3 Å². The summed E-state index contributed by atoms with van der Waals surface area (Å²) in [5.74, 6) is -2.29. The summed E-state index contributed by atoms with van der Waals surface area (Å²) >= 11 is 0. The van der Waals surface area contributed by atoms with Gasteiger partial charge in [-0.25, -0.2) is 22.2 Å². The van der Waals surface area contributed by atoms with E-state index >= 15 is 0 Å². The Hall–Kier alpha value is -3.11. The number of imidazole rings is 1. The molecule has 2 heterocycles. The van der Waals surface area contributed by atoms with E-state index in [4.69, 9.17) is 4.74 Å². The molecule has 1 amide bonds. The van der Waals surface area contributed by atoms with Gasteiger partial charge < -0.3 is 14.2 Å². The molecule has 2 aromatic carbocycles. The van der Waals surface area contributed by atoms with Crippen LogP contribution in [-0.4, -0.2) is 48.0 Å². The number of hydrogen-bond acceptors (Lipinski definition) is 5. The maximum Gasteiger partial charge on any atom is 0.257 e. The van der Waals surface area contributed by atoms with Crippen LogP contribution >= 0.6 is 0 Å². The molecule has 0 spiro atoms. The molecular formula is C25H27F2N3O4S. The lowest BCUT2D eigenvalue weighted by Gasteiger charge is -2.23. The first-order valence-electron chi connectivity index (χ1n) is 11.5. The first-order valence-corrected chi connectivity index (χ1v) is 13.1. The summed E-state index contributed by atoms with van der Waals surface area (Å²) < 4.78 is 62.3. The zero-order valence-corrected chi connectivity index (χ0v) is 20.2. The van der Waals surface area contributed by atoms with Gasteiger partial charge in [0, 0.05) is 18.7 Å². The third-order valence-corrected chi connectivity index (χ3v) is 7.59. The Morgan fingerprint density at radius 3 is 2.51 bits per heavy atom. The van der Waals surface area contributed by atoms with Crippen molar-refractivity contribution in [1.82, 2.24) is 14.5 Å². The number of rotatable bonds is 9. The second-order valence-corrected chi connectivity index (χ2v) is 10.3. The normalized spacial score (nSPS) is 15.9. The summed E-state index contributed by atoms with van der Waals surface area (Å²) in [5, 5.41) is -0.208. The van der Waals surface area contributed by atoms with Gasteiger partial charge in [0.1, 0.15) is 11.6 Å². The number of nitrogens with zero attached hydrogens (tertiary/aromatic N) is 3. The largest absolute Gasteiger partial charge is 0.376 e. The number of aromatic nitrogens is 2. The van der Waals surface area contributed by atoms with Gasteiger partial charge in [0.25, 0.3) is 5.91 Å². The van der Waals surface area contributed by atoms with E-state index < -0.39 is 33.1 Å². The highest BCUT2D eigenvalue weighted by Gasteiger charge is 2.29. The van der Waals surface area contributed by atoms with Gasteiger partial charge in [-0.05, 0) is 38.0 Å². The number of amides is 1. The van der Waals surface area contributed by atoms with Crippen LogP contribution < -0.4 is 0 Å². The Labute approximate surface area is 203 Å². The Morgan fingerprint density at radius 1 is 1.14 bits per heavy atom. The molecule has 0 saturated carbocycles. The van der Waals surface area contributed by atoms with Gasteiger partial charge in [0.2, 0.25) is 15.0 Å². The van der Waals surface area contributed by atoms with Crippen molar-refractivity contribution in [1.29, 1.82) is 0 Å². The van der Waals surface area contributed by atoms with E-state index in [-0.39, 0.29) is 42.0 Å². The van der Waals surface area contributed by atoms with Gasteiger partial charge in [0.15, 0.2) is 0 Å². The van der Waals surface area contributed by atoms with Gasteiger partial charge >= 0.3 is 0 Å². The van der Waals surface area contributed by atoms with Crippen molar-refractivity contribution in [2.24, 2.45) is 0 Å². The maximum atomic E-state index is 14.2. The molecule has 1 atom stereocenters. The van der Waals surface area contributed by atoms with Crippen LogP contribution in [0.4, 0.5) is 8.78 Å². The molecule has 1 aromatic heterocycles. The Balaban J connectivity index is 1.67. The van der Waals surface area contributed by atoms with Crippen LogP contribution in [0.15, 0.2) is 59.9 Å². The molecule has 0 bridgehead atoms. The van der Waals surface area contributed by atoms with Crippen molar-refractivity contribution in [3.05, 3.63) is 83.2 Å². The lowest BCUT2D eigenvalue weighted by Crippen LogP contribution is -2.32. The molecule has 35 heavy (non-hydrogen) atoms. The summed E-state index contributed by atoms with van der Waals surface area (Å²) in [7, 11) is -4.02. The van der Waals surface area contributed by atoms with Crippen molar-refractivity contribution in [3.63, 3.8) is 0 Å². The first-order chi connectivity index (χ1) is 16.8. The highest BCUT2D eigenvalue weighted by molar-refractivity contribution is 7.90. The molecule has 0 unspecified atom stereocenters. The fourth-order valence-corrected chi connectivity index (χ4v) is 5.68. The van der Waals surface area contributed by atoms with Gasteiger partial charge in [0.05, 0.1) is 42.4 Å². The fourth-order valence-electron chi connectivity index (χ4n) is 4.17. The number of ether oxygens (including phenoxy) is 1. The molecule has 1 fully saturated rings. The minimum Gasteiger partial charge on any atom is -0.376 e. The van der Waals surface area contributed by atoms with Gasteiger partial charge in [-0.1, -0.05) is 30.3 Å². The van der Waals surface area contributed by atoms with Crippen LogP contribution in [0.25, 0.3) is 0 Å². The second kappa shape index (κ2) is 10.7. The fraction of sp³-hybridized carbons (Fsp3) is 0.360. The quantitative estimate of drug-likeness (QED) is 0.441. The molecule has 4 rings (SSSR count). The zero-order chi connectivity index (χ0) is 25.0. The SMILES string of the molecule is CCN(Cc1cnc(S(=O)(=O)Cc2ccccc2F)n1C[C@H]1CCCO1)C(=O)c1ccccc1F. The van der Waals surface area contributed by atoms with Crippen LogP contribution in [0.3, 0.4) is 0 Å². The van der Waals surface area contributed by atoms with Crippen LogP contribution in [0.5, 0.6) is 0 Å². The first kappa shape index (κ1) is 25.0. The van der Waals surface area contributed by atoms with E-state index in [1.165, 1.54) is 52.1 Å². The molecule has 1 aliphatic rings. The summed E-state index contributed by atoms with van der Waals surface area (Å²) in [6, 6.07) is 11.4. The third-order valence-electron chi connectivity index (χ3n) is 6.02. The third kappa shape index (κ3) is 5.59. The van der Waals surface area contributed by atoms with Crippen LogP contribution in [0.1, 0.15) is 41.4 Å². The van der Waals surface area contributed by atoms with E-state index in [0.717, 1.165) is 12.8 Å². The minimum absolute atomic E-state index is 0.0264. The second-order valence-electron chi connectivity index (χ2n) is 8.43. The average molecular weight is 504 g/mol. The predicted octanol–water partition coefficient (Wildman–Crippen LogP) is 3.98.